The van der Waals surface area contributed by atoms with Crippen molar-refractivity contribution in [1.82, 2.24) is 10.2 Å². The highest BCUT2D eigenvalue weighted by Gasteiger charge is 2.34. The van der Waals surface area contributed by atoms with E-state index in [9.17, 15) is 9.90 Å². The first-order chi connectivity index (χ1) is 7.89. The van der Waals surface area contributed by atoms with E-state index in [0.29, 0.717) is 13.1 Å². The van der Waals surface area contributed by atoms with Gasteiger partial charge in [-0.1, -0.05) is 6.92 Å². The van der Waals surface area contributed by atoms with E-state index in [4.69, 9.17) is 4.74 Å². The number of aliphatic hydroxyl groups is 1. The number of hydrogen-bond donors (Lipinski definition) is 2. The number of nitrogens with one attached hydrogen (secondary N) is 1. The van der Waals surface area contributed by atoms with Gasteiger partial charge >= 0.3 is 6.09 Å². The topological polar surface area (TPSA) is 61.8 Å². The van der Waals surface area contributed by atoms with E-state index in [1.807, 2.05) is 27.7 Å². The van der Waals surface area contributed by atoms with Crippen molar-refractivity contribution in [2.24, 2.45) is 0 Å². The van der Waals surface area contributed by atoms with Gasteiger partial charge in [0.15, 0.2) is 0 Å². The lowest BCUT2D eigenvalue weighted by Gasteiger charge is -2.41. The zero-order valence-electron chi connectivity index (χ0n) is 11.2. The number of carbonyl (C=O) groups excluding carboxylic acids is 1. The SMILES string of the molecule is CC[C@@H]1C(CO)NCCN1C(=O)OC(C)(C)C. The fourth-order valence-electron chi connectivity index (χ4n) is 2.13. The maximum absolute atomic E-state index is 12.0. The van der Waals surface area contributed by atoms with Crippen LogP contribution in [0.2, 0.25) is 0 Å². The van der Waals surface area contributed by atoms with Gasteiger partial charge < -0.3 is 20.1 Å². The lowest BCUT2D eigenvalue weighted by atomic mass is 10.0. The maximum atomic E-state index is 12.0. The van der Waals surface area contributed by atoms with Crippen molar-refractivity contribution in [2.75, 3.05) is 19.7 Å². The number of aliphatic hydroxyl groups excluding tert-OH is 1. The second-order valence-corrected chi connectivity index (χ2v) is 5.39. The summed E-state index contributed by atoms with van der Waals surface area (Å²) in [4.78, 5) is 13.8. The zero-order valence-corrected chi connectivity index (χ0v) is 11.2. The molecular formula is C12H24N2O3. The Morgan fingerprint density at radius 2 is 2.18 bits per heavy atom. The van der Waals surface area contributed by atoms with Crippen LogP contribution in [-0.2, 0) is 4.74 Å². The Bertz CT molecular complexity index is 263. The van der Waals surface area contributed by atoms with Crippen molar-refractivity contribution < 1.29 is 14.6 Å². The molecule has 0 aromatic carbocycles. The van der Waals surface area contributed by atoms with Crippen LogP contribution in [-0.4, -0.2) is 53.5 Å². The molecule has 1 aliphatic rings. The van der Waals surface area contributed by atoms with E-state index in [2.05, 4.69) is 5.32 Å². The normalized spacial score (nSPS) is 25.8. The third kappa shape index (κ3) is 3.85. The van der Waals surface area contributed by atoms with E-state index < -0.39 is 5.60 Å². The number of ether oxygens (including phenoxy) is 1. The molecule has 0 aromatic heterocycles. The Morgan fingerprint density at radius 1 is 1.53 bits per heavy atom. The first-order valence-electron chi connectivity index (χ1n) is 6.23. The number of amides is 1. The van der Waals surface area contributed by atoms with Gasteiger partial charge in [-0.3, -0.25) is 0 Å². The minimum atomic E-state index is -0.477. The van der Waals surface area contributed by atoms with E-state index in [-0.39, 0.29) is 24.8 Å². The van der Waals surface area contributed by atoms with E-state index in [1.54, 1.807) is 4.90 Å². The summed E-state index contributed by atoms with van der Waals surface area (Å²) in [5.41, 5.74) is -0.477. The molecule has 0 bridgehead atoms. The van der Waals surface area contributed by atoms with Crippen LogP contribution in [0.25, 0.3) is 0 Å². The minimum absolute atomic E-state index is 0.00333. The molecule has 1 rings (SSSR count). The van der Waals surface area contributed by atoms with Gasteiger partial charge in [0.25, 0.3) is 0 Å². The van der Waals surface area contributed by atoms with Gasteiger partial charge in [0.2, 0.25) is 0 Å². The highest BCUT2D eigenvalue weighted by atomic mass is 16.6. The predicted octanol–water partition coefficient (Wildman–Crippen LogP) is 0.966. The average Bonchev–Trinajstić information content (AvgIpc) is 2.25. The molecule has 0 saturated carbocycles. The molecule has 0 radical (unpaired) electrons. The van der Waals surface area contributed by atoms with Crippen molar-refractivity contribution in [3.05, 3.63) is 0 Å². The Balaban J connectivity index is 2.70. The quantitative estimate of drug-likeness (QED) is 0.759. The summed E-state index contributed by atoms with van der Waals surface area (Å²) in [6, 6.07) is -0.0510. The van der Waals surface area contributed by atoms with Crippen molar-refractivity contribution in [3.8, 4) is 0 Å². The summed E-state index contributed by atoms with van der Waals surface area (Å²) in [6.07, 6.45) is 0.515. The molecule has 100 valence electrons. The van der Waals surface area contributed by atoms with E-state index in [1.165, 1.54) is 0 Å². The van der Waals surface area contributed by atoms with Crippen LogP contribution in [0, 0.1) is 0 Å². The van der Waals surface area contributed by atoms with E-state index in [0.717, 1.165) is 6.42 Å². The summed E-state index contributed by atoms with van der Waals surface area (Å²) in [6.45, 7) is 8.95. The van der Waals surface area contributed by atoms with Crippen molar-refractivity contribution in [2.45, 2.75) is 51.8 Å². The zero-order chi connectivity index (χ0) is 13.1. The molecule has 1 heterocycles. The summed E-state index contributed by atoms with van der Waals surface area (Å²) >= 11 is 0. The molecule has 1 saturated heterocycles. The smallest absolute Gasteiger partial charge is 0.410 e. The van der Waals surface area contributed by atoms with Gasteiger partial charge in [-0.2, -0.15) is 0 Å². The Morgan fingerprint density at radius 3 is 2.65 bits per heavy atom. The van der Waals surface area contributed by atoms with Crippen LogP contribution in [0.1, 0.15) is 34.1 Å². The lowest BCUT2D eigenvalue weighted by molar-refractivity contribution is 0.000872. The monoisotopic (exact) mass is 244 g/mol. The van der Waals surface area contributed by atoms with Gasteiger partial charge in [-0.05, 0) is 27.2 Å². The van der Waals surface area contributed by atoms with Crippen molar-refractivity contribution in [3.63, 3.8) is 0 Å². The fraction of sp³-hybridized carbons (Fsp3) is 0.917. The van der Waals surface area contributed by atoms with Gasteiger partial charge in [-0.25, -0.2) is 4.79 Å². The number of rotatable bonds is 2. The molecule has 1 unspecified atom stereocenters. The van der Waals surface area contributed by atoms with Crippen LogP contribution >= 0.6 is 0 Å². The minimum Gasteiger partial charge on any atom is -0.444 e. The summed E-state index contributed by atoms with van der Waals surface area (Å²) in [5.74, 6) is 0. The lowest BCUT2D eigenvalue weighted by Crippen LogP contribution is -2.61. The standard InChI is InChI=1S/C12H24N2O3/c1-5-10-9(8-15)13-6-7-14(10)11(16)17-12(2,3)4/h9-10,13,15H,5-8H2,1-4H3/t9?,10-/m1/s1. The van der Waals surface area contributed by atoms with Crippen LogP contribution in [0.15, 0.2) is 0 Å². The van der Waals surface area contributed by atoms with Gasteiger partial charge in [-0.15, -0.1) is 0 Å². The Labute approximate surface area is 103 Å². The molecule has 2 N–H and O–H groups in total. The molecule has 0 spiro atoms. The Hall–Kier alpha value is -0.810. The number of piperazine rings is 1. The van der Waals surface area contributed by atoms with Crippen LogP contribution < -0.4 is 5.32 Å². The summed E-state index contributed by atoms with van der Waals surface area (Å²) in [7, 11) is 0. The van der Waals surface area contributed by atoms with Crippen LogP contribution in [0.4, 0.5) is 4.79 Å². The summed E-state index contributed by atoms with van der Waals surface area (Å²) < 4.78 is 5.38. The number of carbonyl (C=O) groups is 1. The summed E-state index contributed by atoms with van der Waals surface area (Å²) in [5, 5.41) is 12.5. The van der Waals surface area contributed by atoms with Gasteiger partial charge in [0, 0.05) is 13.1 Å². The second kappa shape index (κ2) is 5.69. The maximum Gasteiger partial charge on any atom is 0.410 e. The number of hydrogen-bond acceptors (Lipinski definition) is 4. The van der Waals surface area contributed by atoms with Gasteiger partial charge in [0.1, 0.15) is 5.60 Å². The first kappa shape index (κ1) is 14.3. The Kier molecular flexibility index (Phi) is 4.77. The third-order valence-corrected chi connectivity index (χ3v) is 2.87. The molecule has 1 aliphatic heterocycles. The van der Waals surface area contributed by atoms with Crippen LogP contribution in [0.3, 0.4) is 0 Å². The molecular weight excluding hydrogens is 220 g/mol. The molecule has 5 nitrogen and oxygen atoms in total. The molecule has 0 aliphatic carbocycles. The highest BCUT2D eigenvalue weighted by Crippen LogP contribution is 2.17. The fourth-order valence-corrected chi connectivity index (χ4v) is 2.13. The highest BCUT2D eigenvalue weighted by molar-refractivity contribution is 5.68. The second-order valence-electron chi connectivity index (χ2n) is 5.39. The van der Waals surface area contributed by atoms with Crippen LogP contribution in [0.5, 0.6) is 0 Å². The largest absolute Gasteiger partial charge is 0.444 e. The van der Waals surface area contributed by atoms with Crippen molar-refractivity contribution >= 4 is 6.09 Å². The average molecular weight is 244 g/mol. The third-order valence-electron chi connectivity index (χ3n) is 2.87. The predicted molar refractivity (Wildman–Crippen MR) is 65.9 cm³/mol. The van der Waals surface area contributed by atoms with Crippen molar-refractivity contribution in [1.29, 1.82) is 0 Å². The molecule has 5 heteroatoms. The first-order valence-corrected chi connectivity index (χ1v) is 6.23. The van der Waals surface area contributed by atoms with Gasteiger partial charge in [0.05, 0.1) is 18.7 Å². The van der Waals surface area contributed by atoms with E-state index >= 15 is 0 Å². The number of nitrogens with zero attached hydrogens (tertiary/aromatic N) is 1. The molecule has 1 fully saturated rings. The molecule has 0 aromatic rings. The molecule has 1 amide bonds. The molecule has 2 atom stereocenters. The molecule has 17 heavy (non-hydrogen) atoms.